The molecule has 3 unspecified atom stereocenters. The van der Waals surface area contributed by atoms with Gasteiger partial charge in [-0.25, -0.2) is 14.4 Å². The molecule has 37 heavy (non-hydrogen) atoms. The Bertz CT molecular complexity index is 964. The van der Waals surface area contributed by atoms with Gasteiger partial charge in [0.25, 0.3) is 0 Å². The molecule has 0 aliphatic heterocycles. The van der Waals surface area contributed by atoms with Gasteiger partial charge >= 0.3 is 24.0 Å². The third-order valence-electron chi connectivity index (χ3n) is 4.88. The number of rotatable bonds is 9. The Morgan fingerprint density at radius 1 is 0.811 bits per heavy atom. The van der Waals surface area contributed by atoms with E-state index in [2.05, 4.69) is 5.32 Å². The van der Waals surface area contributed by atoms with E-state index in [1.807, 2.05) is 0 Å². The summed E-state index contributed by atoms with van der Waals surface area (Å²) >= 11 is 0. The van der Waals surface area contributed by atoms with Crippen LogP contribution >= 0.6 is 0 Å². The first kappa shape index (κ1) is 31.4. The fourth-order valence-corrected chi connectivity index (χ4v) is 3.23. The number of carbonyl (C=O) groups excluding carboxylic acids is 5. The summed E-state index contributed by atoms with van der Waals surface area (Å²) in [6.07, 6.45) is -1.06. The molecular formula is C26H38N2O9. The van der Waals surface area contributed by atoms with E-state index in [9.17, 15) is 24.0 Å². The van der Waals surface area contributed by atoms with Crippen LogP contribution in [0.1, 0.15) is 54.0 Å². The van der Waals surface area contributed by atoms with Crippen LogP contribution in [-0.4, -0.2) is 72.3 Å². The second-order valence-electron chi connectivity index (χ2n) is 10.3. The summed E-state index contributed by atoms with van der Waals surface area (Å²) in [6, 6.07) is 5.76. The normalized spacial score (nSPS) is 13.9. The average molecular weight is 523 g/mol. The van der Waals surface area contributed by atoms with Gasteiger partial charge in [0.15, 0.2) is 12.0 Å². The maximum Gasteiger partial charge on any atom is 0.408 e. The molecule has 206 valence electrons. The molecule has 0 radical (unpaired) electrons. The Balaban J connectivity index is 3.54. The van der Waals surface area contributed by atoms with Crippen molar-refractivity contribution in [2.75, 3.05) is 14.2 Å². The van der Waals surface area contributed by atoms with Crippen molar-refractivity contribution in [1.82, 2.24) is 10.2 Å². The van der Waals surface area contributed by atoms with Crippen molar-refractivity contribution in [3.63, 3.8) is 0 Å². The highest BCUT2D eigenvalue weighted by atomic mass is 16.6. The van der Waals surface area contributed by atoms with Crippen molar-refractivity contribution >= 4 is 29.9 Å². The number of benzene rings is 1. The smallest absolute Gasteiger partial charge is 0.408 e. The lowest BCUT2D eigenvalue weighted by Gasteiger charge is -2.34. The fourth-order valence-electron chi connectivity index (χ4n) is 3.23. The Labute approximate surface area is 217 Å². The molecule has 0 aliphatic rings. The second-order valence-corrected chi connectivity index (χ2v) is 10.3. The first-order valence-electron chi connectivity index (χ1n) is 11.7. The SMILES string of the molecule is COC(=O)C(NC(=O)OC(C)(C)C)C(C(=O)OC)C(=O)N(Cc1ccccc1)C(C)C(=O)OC(C)(C)C. The molecule has 0 bridgehead atoms. The van der Waals surface area contributed by atoms with Gasteiger partial charge in [0.05, 0.1) is 14.2 Å². The predicted molar refractivity (Wildman–Crippen MR) is 133 cm³/mol. The summed E-state index contributed by atoms with van der Waals surface area (Å²) in [4.78, 5) is 66.0. The second kappa shape index (κ2) is 13.1. The minimum atomic E-state index is -1.89. The first-order chi connectivity index (χ1) is 17.0. The van der Waals surface area contributed by atoms with E-state index in [1.165, 1.54) is 6.92 Å². The van der Waals surface area contributed by atoms with E-state index in [1.54, 1.807) is 71.9 Å². The number of amides is 2. The zero-order valence-corrected chi connectivity index (χ0v) is 22.9. The molecule has 1 aromatic rings. The molecule has 0 saturated carbocycles. The number of nitrogens with one attached hydrogen (secondary N) is 1. The zero-order valence-electron chi connectivity index (χ0n) is 22.9. The van der Waals surface area contributed by atoms with Crippen LogP contribution < -0.4 is 5.32 Å². The van der Waals surface area contributed by atoms with E-state index in [0.717, 1.165) is 19.1 Å². The number of carbonyl (C=O) groups is 5. The van der Waals surface area contributed by atoms with Gasteiger partial charge < -0.3 is 29.2 Å². The Hall–Kier alpha value is -3.63. The number of alkyl carbamates (subject to hydrolysis) is 1. The topological polar surface area (TPSA) is 138 Å². The number of hydrogen-bond acceptors (Lipinski definition) is 9. The maximum atomic E-state index is 13.9. The fraction of sp³-hybridized carbons (Fsp3) is 0.577. The lowest BCUT2D eigenvalue weighted by atomic mass is 9.96. The first-order valence-corrected chi connectivity index (χ1v) is 11.7. The monoisotopic (exact) mass is 522 g/mol. The van der Waals surface area contributed by atoms with Crippen molar-refractivity contribution in [2.45, 2.75) is 78.3 Å². The standard InChI is InChI=1S/C26H38N2O9/c1-16(21(30)36-25(2,3)4)28(15-17-13-11-10-12-14-17)20(29)18(22(31)34-8)19(23(32)35-9)27-24(33)37-26(5,6)7/h10-14,16,18-19H,15H2,1-9H3,(H,27,33). The molecule has 11 heteroatoms. The van der Waals surface area contributed by atoms with Crippen LogP contribution in [0.5, 0.6) is 0 Å². The molecule has 11 nitrogen and oxygen atoms in total. The molecule has 0 heterocycles. The van der Waals surface area contributed by atoms with Gasteiger partial charge in [-0.3, -0.25) is 9.59 Å². The molecule has 3 atom stereocenters. The third kappa shape index (κ3) is 10.1. The molecule has 1 N–H and O–H groups in total. The van der Waals surface area contributed by atoms with Crippen molar-refractivity contribution in [3.8, 4) is 0 Å². The van der Waals surface area contributed by atoms with Crippen molar-refractivity contribution in [2.24, 2.45) is 5.92 Å². The summed E-state index contributed by atoms with van der Waals surface area (Å²) in [5.41, 5.74) is -1.13. The quantitative estimate of drug-likeness (QED) is 0.295. The summed E-state index contributed by atoms with van der Waals surface area (Å²) < 4.78 is 20.2. The van der Waals surface area contributed by atoms with Crippen LogP contribution in [0, 0.1) is 5.92 Å². The van der Waals surface area contributed by atoms with Gasteiger partial charge in [-0.2, -0.15) is 0 Å². The van der Waals surface area contributed by atoms with E-state index in [4.69, 9.17) is 18.9 Å². The predicted octanol–water partition coefficient (Wildman–Crippen LogP) is 2.60. The number of nitrogens with zero attached hydrogens (tertiary/aromatic N) is 1. The molecular weight excluding hydrogens is 484 g/mol. The zero-order chi connectivity index (χ0) is 28.6. The number of methoxy groups -OCH3 is 2. The largest absolute Gasteiger partial charge is 0.468 e. The summed E-state index contributed by atoms with van der Waals surface area (Å²) in [6.45, 7) is 11.2. The van der Waals surface area contributed by atoms with Crippen molar-refractivity contribution in [1.29, 1.82) is 0 Å². The van der Waals surface area contributed by atoms with Gasteiger partial charge in [0.2, 0.25) is 5.91 Å². The van der Waals surface area contributed by atoms with Crippen LogP contribution in [0.25, 0.3) is 0 Å². The van der Waals surface area contributed by atoms with Gasteiger partial charge in [-0.15, -0.1) is 0 Å². The molecule has 0 spiro atoms. The highest BCUT2D eigenvalue weighted by Crippen LogP contribution is 2.21. The number of ether oxygens (including phenoxy) is 4. The van der Waals surface area contributed by atoms with Crippen LogP contribution in [0.2, 0.25) is 0 Å². The van der Waals surface area contributed by atoms with Gasteiger partial charge in [-0.05, 0) is 54.0 Å². The van der Waals surface area contributed by atoms with E-state index < -0.39 is 59.1 Å². The molecule has 1 aromatic carbocycles. The Kier molecular flexibility index (Phi) is 11.1. The van der Waals surface area contributed by atoms with E-state index in [0.29, 0.717) is 5.56 Å². The minimum Gasteiger partial charge on any atom is -0.468 e. The summed E-state index contributed by atoms with van der Waals surface area (Å²) in [5.74, 6) is -5.78. The van der Waals surface area contributed by atoms with Gasteiger partial charge in [0, 0.05) is 6.54 Å². The molecule has 1 rings (SSSR count). The third-order valence-corrected chi connectivity index (χ3v) is 4.88. The molecule has 0 fully saturated rings. The van der Waals surface area contributed by atoms with Gasteiger partial charge in [-0.1, -0.05) is 30.3 Å². The maximum absolute atomic E-state index is 13.9. The van der Waals surface area contributed by atoms with Crippen molar-refractivity contribution in [3.05, 3.63) is 35.9 Å². The van der Waals surface area contributed by atoms with Crippen LogP contribution in [0.3, 0.4) is 0 Å². The number of esters is 3. The summed E-state index contributed by atoms with van der Waals surface area (Å²) in [7, 11) is 2.07. The lowest BCUT2D eigenvalue weighted by molar-refractivity contribution is -0.170. The molecule has 0 saturated heterocycles. The lowest BCUT2D eigenvalue weighted by Crippen LogP contribution is -2.58. The van der Waals surface area contributed by atoms with Crippen LogP contribution in [-0.2, 0) is 44.7 Å². The van der Waals surface area contributed by atoms with Gasteiger partial charge in [0.1, 0.15) is 17.2 Å². The van der Waals surface area contributed by atoms with Crippen LogP contribution in [0.15, 0.2) is 30.3 Å². The van der Waals surface area contributed by atoms with Crippen molar-refractivity contribution < 1.29 is 42.9 Å². The highest BCUT2D eigenvalue weighted by molar-refractivity contribution is 6.04. The molecule has 0 aliphatic carbocycles. The van der Waals surface area contributed by atoms with E-state index >= 15 is 0 Å². The highest BCUT2D eigenvalue weighted by Gasteiger charge is 2.46. The number of hydrogen-bond donors (Lipinski definition) is 1. The average Bonchev–Trinajstić information content (AvgIpc) is 2.79. The Morgan fingerprint density at radius 3 is 1.78 bits per heavy atom. The summed E-state index contributed by atoms with van der Waals surface area (Å²) in [5, 5.41) is 2.25. The molecule has 0 aromatic heterocycles. The Morgan fingerprint density at radius 2 is 1.32 bits per heavy atom. The molecule has 2 amide bonds. The van der Waals surface area contributed by atoms with Crippen LogP contribution in [0.4, 0.5) is 4.79 Å². The van der Waals surface area contributed by atoms with E-state index in [-0.39, 0.29) is 6.54 Å². The minimum absolute atomic E-state index is 0.103.